The fraction of sp³-hybridized carbons (Fsp3) is 0.185. The van der Waals surface area contributed by atoms with Crippen LogP contribution in [0.2, 0.25) is 5.02 Å². The Labute approximate surface area is 217 Å². The Morgan fingerprint density at radius 1 is 0.919 bits per heavy atom. The van der Waals surface area contributed by atoms with Crippen molar-refractivity contribution in [2.24, 2.45) is 0 Å². The van der Waals surface area contributed by atoms with E-state index in [1.54, 1.807) is 13.0 Å². The van der Waals surface area contributed by atoms with Crippen molar-refractivity contribution in [2.75, 3.05) is 25.7 Å². The van der Waals surface area contributed by atoms with Gasteiger partial charge in [0.2, 0.25) is 0 Å². The highest BCUT2D eigenvalue weighted by Gasteiger charge is 2.48. The smallest absolute Gasteiger partial charge is 0.300 e. The van der Waals surface area contributed by atoms with E-state index in [0.29, 0.717) is 17.1 Å². The van der Waals surface area contributed by atoms with E-state index >= 15 is 0 Å². The van der Waals surface area contributed by atoms with Gasteiger partial charge >= 0.3 is 0 Å². The summed E-state index contributed by atoms with van der Waals surface area (Å²) in [6.45, 7) is 1.98. The fourth-order valence-electron chi connectivity index (χ4n) is 4.20. The van der Waals surface area contributed by atoms with Crippen LogP contribution in [-0.4, -0.2) is 47.8 Å². The lowest BCUT2D eigenvalue weighted by Crippen LogP contribution is -2.29. The average molecular weight is 526 g/mol. The van der Waals surface area contributed by atoms with Gasteiger partial charge in [0.25, 0.3) is 11.7 Å². The van der Waals surface area contributed by atoms with Gasteiger partial charge < -0.3 is 29.5 Å². The monoisotopic (exact) mass is 525 g/mol. The van der Waals surface area contributed by atoms with Crippen LogP contribution in [-0.2, 0) is 9.59 Å². The summed E-state index contributed by atoms with van der Waals surface area (Å²) in [7, 11) is 2.88. The second kappa shape index (κ2) is 10.3. The number of hydrogen-bond donors (Lipinski definition) is 3. The number of benzene rings is 3. The Hall–Kier alpha value is -4.37. The minimum atomic E-state index is -1.20. The molecule has 1 unspecified atom stereocenters. The van der Waals surface area contributed by atoms with Crippen molar-refractivity contribution in [1.29, 1.82) is 0 Å². The zero-order valence-corrected chi connectivity index (χ0v) is 20.9. The van der Waals surface area contributed by atoms with Gasteiger partial charge in [-0.05, 0) is 61.0 Å². The zero-order chi connectivity index (χ0) is 26.9. The number of carbonyl (C=O) groups is 2. The van der Waals surface area contributed by atoms with E-state index in [-0.39, 0.29) is 45.7 Å². The average Bonchev–Trinajstić information content (AvgIpc) is 3.16. The highest BCUT2D eigenvalue weighted by Crippen LogP contribution is 2.47. The summed E-state index contributed by atoms with van der Waals surface area (Å²) >= 11 is 6.14. The summed E-state index contributed by atoms with van der Waals surface area (Å²) in [5.74, 6) is -2.07. The molecule has 37 heavy (non-hydrogen) atoms. The molecule has 3 aromatic carbocycles. The van der Waals surface area contributed by atoms with Gasteiger partial charge in [0.05, 0.1) is 38.1 Å². The third-order valence-electron chi connectivity index (χ3n) is 5.90. The van der Waals surface area contributed by atoms with Crippen molar-refractivity contribution in [3.05, 3.63) is 76.3 Å². The number of rotatable bonds is 7. The summed E-state index contributed by atoms with van der Waals surface area (Å²) in [4.78, 5) is 27.8. The van der Waals surface area contributed by atoms with Gasteiger partial charge in [0, 0.05) is 10.6 Å². The standard InChI is InChI=1S/C27H24ClNO8/c1-4-37-21-11-14(5-8-19(21)31)24-23(25(32)15-6-10-20(35-2)22(12-15)36-3)26(33)27(34)29(24)17-13-16(28)7-9-18(17)30/h5-13,24,30-32H,4H2,1-3H3/b25-23+. The van der Waals surface area contributed by atoms with Crippen LogP contribution in [0.5, 0.6) is 28.7 Å². The van der Waals surface area contributed by atoms with Crippen LogP contribution in [0.15, 0.2) is 60.2 Å². The molecule has 10 heteroatoms. The quantitative estimate of drug-likeness (QED) is 0.228. The Morgan fingerprint density at radius 3 is 2.30 bits per heavy atom. The first-order valence-electron chi connectivity index (χ1n) is 11.2. The second-order valence-electron chi connectivity index (χ2n) is 8.03. The second-order valence-corrected chi connectivity index (χ2v) is 8.47. The van der Waals surface area contributed by atoms with Crippen LogP contribution >= 0.6 is 11.6 Å². The molecule has 192 valence electrons. The van der Waals surface area contributed by atoms with Crippen molar-refractivity contribution in [1.82, 2.24) is 0 Å². The molecule has 0 spiro atoms. The van der Waals surface area contributed by atoms with Crippen molar-refractivity contribution < 1.29 is 39.1 Å². The molecule has 0 aromatic heterocycles. The number of aliphatic hydroxyl groups is 1. The van der Waals surface area contributed by atoms with Gasteiger partial charge in [-0.2, -0.15) is 0 Å². The molecule has 0 bridgehead atoms. The van der Waals surface area contributed by atoms with Gasteiger partial charge in [-0.3, -0.25) is 14.5 Å². The number of ketones is 1. The van der Waals surface area contributed by atoms with Crippen molar-refractivity contribution >= 4 is 34.7 Å². The first-order valence-corrected chi connectivity index (χ1v) is 11.6. The molecular formula is C27H24ClNO8. The molecule has 1 amide bonds. The lowest BCUT2D eigenvalue weighted by molar-refractivity contribution is -0.132. The number of nitrogens with zero attached hydrogens (tertiary/aromatic N) is 1. The van der Waals surface area contributed by atoms with E-state index in [2.05, 4.69) is 0 Å². The summed E-state index contributed by atoms with van der Waals surface area (Å²) in [5, 5.41) is 32.4. The molecule has 1 heterocycles. The third kappa shape index (κ3) is 4.61. The minimum absolute atomic E-state index is 0.0306. The molecule has 1 saturated heterocycles. The maximum absolute atomic E-state index is 13.4. The molecule has 1 aliphatic heterocycles. The minimum Gasteiger partial charge on any atom is -0.507 e. The van der Waals surface area contributed by atoms with Crippen LogP contribution in [0.3, 0.4) is 0 Å². The van der Waals surface area contributed by atoms with Gasteiger partial charge in [0.1, 0.15) is 11.5 Å². The first-order chi connectivity index (χ1) is 17.7. The lowest BCUT2D eigenvalue weighted by Gasteiger charge is -2.26. The summed E-state index contributed by atoms with van der Waals surface area (Å²) in [6.07, 6.45) is 0. The molecule has 0 aliphatic carbocycles. The Balaban J connectivity index is 1.99. The van der Waals surface area contributed by atoms with E-state index in [1.807, 2.05) is 0 Å². The molecular weight excluding hydrogens is 502 g/mol. The van der Waals surface area contributed by atoms with E-state index in [0.717, 1.165) is 4.90 Å². The van der Waals surface area contributed by atoms with Crippen LogP contribution in [0.25, 0.3) is 5.76 Å². The molecule has 0 radical (unpaired) electrons. The highest BCUT2D eigenvalue weighted by atomic mass is 35.5. The topological polar surface area (TPSA) is 126 Å². The van der Waals surface area contributed by atoms with Crippen LogP contribution in [0.1, 0.15) is 24.1 Å². The maximum atomic E-state index is 13.4. The number of ether oxygens (including phenoxy) is 3. The molecule has 1 aliphatic rings. The largest absolute Gasteiger partial charge is 0.507 e. The summed E-state index contributed by atoms with van der Waals surface area (Å²) in [5.41, 5.74) is 0.253. The number of phenolic OH excluding ortho intramolecular Hbond substituents is 2. The molecule has 3 N–H and O–H groups in total. The summed E-state index contributed by atoms with van der Waals surface area (Å²) < 4.78 is 16.0. The number of hydrogen-bond acceptors (Lipinski definition) is 8. The number of aromatic hydroxyl groups is 2. The molecule has 1 fully saturated rings. The van der Waals surface area contributed by atoms with E-state index in [1.165, 1.54) is 62.8 Å². The Bertz CT molecular complexity index is 1420. The fourth-order valence-corrected chi connectivity index (χ4v) is 4.36. The van der Waals surface area contributed by atoms with Crippen LogP contribution < -0.4 is 19.1 Å². The first kappa shape index (κ1) is 25.7. The van der Waals surface area contributed by atoms with Crippen molar-refractivity contribution in [2.45, 2.75) is 13.0 Å². The third-order valence-corrected chi connectivity index (χ3v) is 6.13. The van der Waals surface area contributed by atoms with Gasteiger partial charge in [0.15, 0.2) is 23.0 Å². The SMILES string of the molecule is CCOc1cc(C2/C(=C(\O)c3ccc(OC)c(OC)c3)C(=O)C(=O)N2c2cc(Cl)ccc2O)ccc1O. The van der Waals surface area contributed by atoms with Gasteiger partial charge in [-0.15, -0.1) is 0 Å². The zero-order valence-electron chi connectivity index (χ0n) is 20.2. The molecule has 0 saturated carbocycles. The van der Waals surface area contributed by atoms with Crippen molar-refractivity contribution in [3.8, 4) is 28.7 Å². The normalized spacial score (nSPS) is 16.6. The van der Waals surface area contributed by atoms with Gasteiger partial charge in [-0.1, -0.05) is 17.7 Å². The number of Topliss-reactive ketones (excluding diaryl/α,β-unsaturated/α-hetero) is 1. The Morgan fingerprint density at radius 2 is 1.62 bits per heavy atom. The highest BCUT2D eigenvalue weighted by molar-refractivity contribution is 6.52. The molecule has 9 nitrogen and oxygen atoms in total. The number of phenols is 2. The molecule has 4 rings (SSSR count). The number of methoxy groups -OCH3 is 2. The number of amides is 1. The lowest BCUT2D eigenvalue weighted by atomic mass is 9.94. The van der Waals surface area contributed by atoms with Crippen LogP contribution in [0, 0.1) is 0 Å². The van der Waals surface area contributed by atoms with Crippen LogP contribution in [0.4, 0.5) is 5.69 Å². The molecule has 3 aromatic rings. The molecule has 1 atom stereocenters. The number of anilines is 1. The predicted molar refractivity (Wildman–Crippen MR) is 137 cm³/mol. The van der Waals surface area contributed by atoms with Crippen molar-refractivity contribution in [3.63, 3.8) is 0 Å². The number of carbonyl (C=O) groups excluding carboxylic acids is 2. The number of aliphatic hydroxyl groups excluding tert-OH is 1. The van der Waals surface area contributed by atoms with E-state index < -0.39 is 23.5 Å². The van der Waals surface area contributed by atoms with E-state index in [4.69, 9.17) is 25.8 Å². The number of halogens is 1. The Kier molecular flexibility index (Phi) is 7.17. The van der Waals surface area contributed by atoms with Gasteiger partial charge in [-0.25, -0.2) is 0 Å². The predicted octanol–water partition coefficient (Wildman–Crippen LogP) is 4.79. The van der Waals surface area contributed by atoms with E-state index in [9.17, 15) is 24.9 Å². The maximum Gasteiger partial charge on any atom is 0.300 e. The summed E-state index contributed by atoms with van der Waals surface area (Å²) in [6, 6.07) is 11.7.